The summed E-state index contributed by atoms with van der Waals surface area (Å²) in [5, 5.41) is 7.53. The number of nitrogens with one attached hydrogen (secondary N) is 2. The first-order valence-corrected chi connectivity index (χ1v) is 11.4. The molecule has 1 aliphatic rings. The zero-order valence-corrected chi connectivity index (χ0v) is 19.8. The summed E-state index contributed by atoms with van der Waals surface area (Å²) >= 11 is 1.24. The van der Waals surface area contributed by atoms with E-state index in [1.807, 2.05) is 12.3 Å². The maximum absolute atomic E-state index is 13.1. The molecule has 3 rings (SSSR count). The second-order valence-corrected chi connectivity index (χ2v) is 9.99. The zero-order valence-electron chi connectivity index (χ0n) is 18.9. The number of piperidine rings is 1. The molecule has 0 saturated carbocycles. The minimum absolute atomic E-state index is 0.144. The van der Waals surface area contributed by atoms with Gasteiger partial charge in [0.1, 0.15) is 11.2 Å². The van der Waals surface area contributed by atoms with Gasteiger partial charge in [-0.2, -0.15) is 0 Å². The number of carbonyl (C=O) groups is 3. The molecule has 2 aromatic heterocycles. The van der Waals surface area contributed by atoms with E-state index in [9.17, 15) is 14.4 Å². The standard InChI is InChI=1S/C22H29N5O4S/c1-15-13-32-20(21(30)31-4)19(15)26-18(29)12-27(7-5-22(2,3)6-8-27)11-17(28)25-16-9-23-14-24-10-16/h9-10,13-14H,5-8,11-12H2,1-4H3,(H-,25,26,28,29,30)/p+1. The van der Waals surface area contributed by atoms with Crippen molar-refractivity contribution >= 4 is 40.5 Å². The number of hydrogen-bond acceptors (Lipinski definition) is 7. The van der Waals surface area contributed by atoms with Crippen molar-refractivity contribution in [2.45, 2.75) is 33.6 Å². The van der Waals surface area contributed by atoms with Crippen molar-refractivity contribution in [3.05, 3.63) is 34.5 Å². The monoisotopic (exact) mass is 460 g/mol. The van der Waals surface area contributed by atoms with E-state index in [1.165, 1.54) is 37.2 Å². The van der Waals surface area contributed by atoms with Crippen LogP contribution >= 0.6 is 11.3 Å². The molecule has 10 heteroatoms. The van der Waals surface area contributed by atoms with E-state index >= 15 is 0 Å². The first kappa shape index (κ1) is 23.8. The molecule has 1 saturated heterocycles. The van der Waals surface area contributed by atoms with Crippen molar-refractivity contribution in [1.82, 2.24) is 9.97 Å². The van der Waals surface area contributed by atoms with E-state index in [2.05, 4.69) is 34.4 Å². The van der Waals surface area contributed by atoms with Gasteiger partial charge in [-0.25, -0.2) is 14.8 Å². The van der Waals surface area contributed by atoms with Crippen LogP contribution < -0.4 is 10.6 Å². The lowest BCUT2D eigenvalue weighted by atomic mass is 9.81. The molecule has 0 bridgehead atoms. The summed E-state index contributed by atoms with van der Waals surface area (Å²) in [6, 6.07) is 0. The molecule has 3 heterocycles. The van der Waals surface area contributed by atoms with Crippen LogP contribution in [0, 0.1) is 12.3 Å². The fraction of sp³-hybridized carbons (Fsp3) is 0.500. The number of aryl methyl sites for hydroxylation is 1. The highest BCUT2D eigenvalue weighted by Gasteiger charge is 2.40. The molecule has 172 valence electrons. The highest BCUT2D eigenvalue weighted by Crippen LogP contribution is 2.34. The normalized spacial score (nSPS) is 16.8. The minimum Gasteiger partial charge on any atom is -0.465 e. The quantitative estimate of drug-likeness (QED) is 0.486. The lowest BCUT2D eigenvalue weighted by molar-refractivity contribution is -0.919. The predicted molar refractivity (Wildman–Crippen MR) is 122 cm³/mol. The molecule has 0 spiro atoms. The number of amides is 2. The third-order valence-electron chi connectivity index (χ3n) is 5.94. The molecular formula is C22H30N5O4S+. The number of hydrogen-bond donors (Lipinski definition) is 2. The number of rotatable bonds is 7. The van der Waals surface area contributed by atoms with Crippen molar-refractivity contribution in [3.63, 3.8) is 0 Å². The van der Waals surface area contributed by atoms with Crippen molar-refractivity contribution in [2.24, 2.45) is 5.41 Å². The molecule has 2 amide bonds. The smallest absolute Gasteiger partial charge is 0.350 e. The van der Waals surface area contributed by atoms with Crippen molar-refractivity contribution in [2.75, 3.05) is 43.9 Å². The molecular weight excluding hydrogens is 430 g/mol. The van der Waals surface area contributed by atoms with E-state index in [-0.39, 0.29) is 30.3 Å². The number of likely N-dealkylation sites (tertiary alicyclic amines) is 1. The highest BCUT2D eigenvalue weighted by atomic mass is 32.1. The summed E-state index contributed by atoms with van der Waals surface area (Å²) in [6.45, 7) is 7.99. The Bertz CT molecular complexity index is 979. The summed E-state index contributed by atoms with van der Waals surface area (Å²) in [7, 11) is 1.31. The Hall–Kier alpha value is -2.85. The number of ether oxygens (including phenoxy) is 1. The van der Waals surface area contributed by atoms with Crippen LogP contribution in [0.2, 0.25) is 0 Å². The summed E-state index contributed by atoms with van der Waals surface area (Å²) in [6.07, 6.45) is 6.29. The fourth-order valence-corrected chi connectivity index (χ4v) is 4.81. The van der Waals surface area contributed by atoms with Gasteiger partial charge in [-0.1, -0.05) is 13.8 Å². The number of methoxy groups -OCH3 is 1. The SMILES string of the molecule is COC(=O)c1scc(C)c1NC(=O)C[N+]1(CC(=O)Nc2cncnc2)CCC(C)(C)CC1. The molecule has 2 N–H and O–H groups in total. The first-order chi connectivity index (χ1) is 15.1. The third kappa shape index (κ3) is 5.89. The van der Waals surface area contributed by atoms with Crippen LogP contribution in [0.3, 0.4) is 0 Å². The topological polar surface area (TPSA) is 110 Å². The molecule has 2 aromatic rings. The van der Waals surface area contributed by atoms with Gasteiger partial charge in [0.05, 0.1) is 44.0 Å². The zero-order chi connectivity index (χ0) is 23.4. The number of thiophene rings is 1. The average Bonchev–Trinajstić information content (AvgIpc) is 3.10. The minimum atomic E-state index is -0.480. The Balaban J connectivity index is 1.75. The number of carbonyl (C=O) groups excluding carboxylic acids is 3. The molecule has 1 fully saturated rings. The number of quaternary nitrogens is 1. The summed E-state index contributed by atoms with van der Waals surface area (Å²) in [5.74, 6) is -0.895. The number of esters is 1. The van der Waals surface area contributed by atoms with Crippen LogP contribution in [-0.4, -0.2) is 65.5 Å². The van der Waals surface area contributed by atoms with Gasteiger partial charge in [-0.05, 0) is 23.3 Å². The maximum atomic E-state index is 13.1. The van der Waals surface area contributed by atoms with E-state index in [0.29, 0.717) is 33.8 Å². The fourth-order valence-electron chi connectivity index (χ4n) is 3.88. The van der Waals surface area contributed by atoms with Gasteiger partial charge in [0.15, 0.2) is 13.1 Å². The van der Waals surface area contributed by atoms with Crippen molar-refractivity contribution in [1.29, 1.82) is 0 Å². The lowest BCUT2D eigenvalue weighted by Crippen LogP contribution is -2.60. The van der Waals surface area contributed by atoms with E-state index in [1.54, 1.807) is 0 Å². The summed E-state index contributed by atoms with van der Waals surface area (Å²) in [5.41, 5.74) is 1.98. The van der Waals surface area contributed by atoms with Gasteiger partial charge in [0.2, 0.25) is 0 Å². The lowest BCUT2D eigenvalue weighted by Gasteiger charge is -2.45. The van der Waals surface area contributed by atoms with Crippen LogP contribution in [0.15, 0.2) is 24.1 Å². The maximum Gasteiger partial charge on any atom is 0.350 e. The Morgan fingerprint density at radius 3 is 2.28 bits per heavy atom. The molecule has 0 aliphatic carbocycles. The van der Waals surface area contributed by atoms with Crippen LogP contribution in [0.1, 0.15) is 41.9 Å². The van der Waals surface area contributed by atoms with Crippen LogP contribution in [0.25, 0.3) is 0 Å². The Morgan fingerprint density at radius 2 is 1.69 bits per heavy atom. The Labute approximate surface area is 191 Å². The molecule has 9 nitrogen and oxygen atoms in total. The van der Waals surface area contributed by atoms with Crippen molar-refractivity contribution < 1.29 is 23.6 Å². The number of anilines is 2. The second-order valence-electron chi connectivity index (χ2n) is 9.11. The highest BCUT2D eigenvalue weighted by molar-refractivity contribution is 7.12. The summed E-state index contributed by atoms with van der Waals surface area (Å²) in [4.78, 5) is 46.1. The third-order valence-corrected chi connectivity index (χ3v) is 7.02. The van der Waals surface area contributed by atoms with Gasteiger partial charge in [-0.3, -0.25) is 9.59 Å². The van der Waals surface area contributed by atoms with Gasteiger partial charge in [0.25, 0.3) is 11.8 Å². The number of nitrogens with zero attached hydrogens (tertiary/aromatic N) is 3. The van der Waals surface area contributed by atoms with Crippen LogP contribution in [-0.2, 0) is 14.3 Å². The Kier molecular flexibility index (Phi) is 7.25. The largest absolute Gasteiger partial charge is 0.465 e. The van der Waals surface area contributed by atoms with E-state index in [0.717, 1.165) is 18.4 Å². The van der Waals surface area contributed by atoms with Gasteiger partial charge in [0, 0.05) is 12.8 Å². The van der Waals surface area contributed by atoms with E-state index < -0.39 is 5.97 Å². The number of aromatic nitrogens is 2. The first-order valence-electron chi connectivity index (χ1n) is 10.5. The van der Waals surface area contributed by atoms with Gasteiger partial charge >= 0.3 is 5.97 Å². The molecule has 1 aliphatic heterocycles. The van der Waals surface area contributed by atoms with Crippen LogP contribution in [0.5, 0.6) is 0 Å². The molecule has 0 radical (unpaired) electrons. The molecule has 0 aromatic carbocycles. The van der Waals surface area contributed by atoms with Gasteiger partial charge in [-0.15, -0.1) is 11.3 Å². The Morgan fingerprint density at radius 1 is 1.09 bits per heavy atom. The molecule has 0 atom stereocenters. The van der Waals surface area contributed by atoms with Crippen molar-refractivity contribution in [3.8, 4) is 0 Å². The summed E-state index contributed by atoms with van der Waals surface area (Å²) < 4.78 is 5.18. The van der Waals surface area contributed by atoms with Crippen LogP contribution in [0.4, 0.5) is 11.4 Å². The average molecular weight is 461 g/mol. The van der Waals surface area contributed by atoms with Gasteiger partial charge < -0.3 is 19.9 Å². The second kappa shape index (κ2) is 9.74. The molecule has 0 unspecified atom stereocenters. The predicted octanol–water partition coefficient (Wildman–Crippen LogP) is 2.85. The molecule has 32 heavy (non-hydrogen) atoms. The van der Waals surface area contributed by atoms with E-state index in [4.69, 9.17) is 4.74 Å².